The first-order valence-electron chi connectivity index (χ1n) is 11.3. The second-order valence-electron chi connectivity index (χ2n) is 7.88. The highest BCUT2D eigenvalue weighted by Gasteiger charge is 2.22. The van der Waals surface area contributed by atoms with Crippen molar-refractivity contribution >= 4 is 16.9 Å². The van der Waals surface area contributed by atoms with E-state index in [1.165, 1.54) is 22.0 Å². The number of guanidine groups is 1. The van der Waals surface area contributed by atoms with Gasteiger partial charge in [0.15, 0.2) is 11.8 Å². The van der Waals surface area contributed by atoms with Crippen molar-refractivity contribution in [2.75, 3.05) is 13.1 Å². The summed E-state index contributed by atoms with van der Waals surface area (Å²) in [6.07, 6.45) is 6.99. The number of hydrogen-bond acceptors (Lipinski definition) is 3. The van der Waals surface area contributed by atoms with E-state index in [2.05, 4.69) is 75.5 Å². The fraction of sp³-hybridized carbons (Fsp3) is 0.522. The van der Waals surface area contributed by atoms with Crippen molar-refractivity contribution in [3.8, 4) is 0 Å². The summed E-state index contributed by atoms with van der Waals surface area (Å²) in [5.74, 6) is 2.93. The maximum absolute atomic E-state index is 4.84. The molecule has 2 aromatic heterocycles. The largest absolute Gasteiger partial charge is 0.361 e. The lowest BCUT2D eigenvalue weighted by Crippen LogP contribution is -2.47. The van der Waals surface area contributed by atoms with E-state index in [9.17, 15) is 0 Å². The molecule has 0 fully saturated rings. The zero-order valence-corrected chi connectivity index (χ0v) is 18.3. The van der Waals surface area contributed by atoms with Gasteiger partial charge in [-0.05, 0) is 37.3 Å². The van der Waals surface area contributed by atoms with Gasteiger partial charge in [0.2, 0.25) is 0 Å². The Labute approximate surface area is 178 Å². The van der Waals surface area contributed by atoms with Crippen LogP contribution in [0.15, 0.2) is 29.4 Å². The molecule has 7 heteroatoms. The molecule has 160 valence electrons. The molecule has 0 aliphatic carbocycles. The van der Waals surface area contributed by atoms with Crippen LogP contribution in [0.5, 0.6) is 0 Å². The van der Waals surface area contributed by atoms with E-state index in [4.69, 9.17) is 4.99 Å². The Hall–Kier alpha value is -2.83. The Morgan fingerprint density at radius 1 is 1.23 bits per heavy atom. The van der Waals surface area contributed by atoms with Crippen LogP contribution in [0.3, 0.4) is 0 Å². The lowest BCUT2D eigenvalue weighted by Gasteiger charge is -2.25. The van der Waals surface area contributed by atoms with E-state index in [0.717, 1.165) is 69.3 Å². The quantitative estimate of drug-likeness (QED) is 0.415. The van der Waals surface area contributed by atoms with Crippen molar-refractivity contribution in [2.45, 2.75) is 65.5 Å². The van der Waals surface area contributed by atoms with Gasteiger partial charge in [-0.1, -0.05) is 32.0 Å². The molecule has 0 saturated carbocycles. The number of aryl methyl sites for hydroxylation is 3. The average molecular weight is 408 g/mol. The third-order valence-corrected chi connectivity index (χ3v) is 5.82. The van der Waals surface area contributed by atoms with Gasteiger partial charge >= 0.3 is 0 Å². The summed E-state index contributed by atoms with van der Waals surface area (Å²) in [6.45, 7) is 8.84. The van der Waals surface area contributed by atoms with E-state index < -0.39 is 0 Å². The van der Waals surface area contributed by atoms with Crippen LogP contribution in [0, 0.1) is 0 Å². The molecule has 1 aromatic carbocycles. The van der Waals surface area contributed by atoms with Gasteiger partial charge in [0.1, 0.15) is 5.82 Å². The molecule has 1 aliphatic rings. The highest BCUT2D eigenvalue weighted by atomic mass is 15.4. The number of benzene rings is 1. The Balaban J connectivity index is 1.40. The summed E-state index contributed by atoms with van der Waals surface area (Å²) in [4.78, 5) is 12.9. The van der Waals surface area contributed by atoms with Crippen molar-refractivity contribution in [3.05, 3.63) is 47.2 Å². The van der Waals surface area contributed by atoms with Crippen molar-refractivity contribution in [2.24, 2.45) is 4.99 Å². The van der Waals surface area contributed by atoms with Crippen LogP contribution < -0.4 is 10.6 Å². The fourth-order valence-corrected chi connectivity index (χ4v) is 4.21. The van der Waals surface area contributed by atoms with Gasteiger partial charge in [-0.25, -0.2) is 9.67 Å². The maximum Gasteiger partial charge on any atom is 0.191 e. The Bertz CT molecular complexity index is 1010. The van der Waals surface area contributed by atoms with E-state index in [1.807, 2.05) is 0 Å². The second-order valence-corrected chi connectivity index (χ2v) is 7.88. The molecule has 0 saturated heterocycles. The monoisotopic (exact) mass is 407 g/mol. The van der Waals surface area contributed by atoms with Crippen molar-refractivity contribution in [3.63, 3.8) is 0 Å². The van der Waals surface area contributed by atoms with Gasteiger partial charge in [-0.15, -0.1) is 0 Å². The van der Waals surface area contributed by atoms with Crippen LogP contribution in [0.2, 0.25) is 0 Å². The molecule has 0 bridgehead atoms. The minimum Gasteiger partial charge on any atom is -0.361 e. The van der Waals surface area contributed by atoms with Crippen molar-refractivity contribution in [1.82, 2.24) is 30.4 Å². The van der Waals surface area contributed by atoms with Gasteiger partial charge in [-0.3, -0.25) is 4.99 Å². The molecule has 3 heterocycles. The predicted octanol–water partition coefficient (Wildman–Crippen LogP) is 3.00. The van der Waals surface area contributed by atoms with Gasteiger partial charge in [0.25, 0.3) is 0 Å². The van der Waals surface area contributed by atoms with Crippen LogP contribution in [0.4, 0.5) is 0 Å². The lowest BCUT2D eigenvalue weighted by molar-refractivity contribution is 0.392. The molecule has 0 radical (unpaired) electrons. The SMILES string of the molecule is CCNC(=NCCc1c[nH]c2c(CC)cccc12)NC1CCc2nc(CC)nn2C1. The number of aromatic nitrogens is 4. The smallest absolute Gasteiger partial charge is 0.191 e. The number of aliphatic imine (C=N–C) groups is 1. The zero-order valence-electron chi connectivity index (χ0n) is 18.3. The molecule has 30 heavy (non-hydrogen) atoms. The summed E-state index contributed by atoms with van der Waals surface area (Å²) >= 11 is 0. The Morgan fingerprint density at radius 3 is 2.93 bits per heavy atom. The highest BCUT2D eigenvalue weighted by Crippen LogP contribution is 2.22. The van der Waals surface area contributed by atoms with Crippen LogP contribution in [-0.4, -0.2) is 44.8 Å². The number of nitrogens with zero attached hydrogens (tertiary/aromatic N) is 4. The number of rotatable bonds is 7. The van der Waals surface area contributed by atoms with Gasteiger partial charge in [0.05, 0.1) is 6.54 Å². The van der Waals surface area contributed by atoms with E-state index in [-0.39, 0.29) is 0 Å². The average Bonchev–Trinajstić information content (AvgIpc) is 3.37. The topological polar surface area (TPSA) is 82.9 Å². The maximum atomic E-state index is 4.84. The summed E-state index contributed by atoms with van der Waals surface area (Å²) in [5.41, 5.74) is 3.96. The third kappa shape index (κ3) is 4.35. The van der Waals surface area contributed by atoms with Gasteiger partial charge in [0, 0.05) is 49.1 Å². The van der Waals surface area contributed by atoms with E-state index in [1.54, 1.807) is 0 Å². The summed E-state index contributed by atoms with van der Waals surface area (Å²) in [7, 11) is 0. The van der Waals surface area contributed by atoms with Crippen LogP contribution in [0.25, 0.3) is 10.9 Å². The molecule has 7 nitrogen and oxygen atoms in total. The van der Waals surface area contributed by atoms with Crippen LogP contribution >= 0.6 is 0 Å². The van der Waals surface area contributed by atoms with E-state index in [0.29, 0.717) is 6.04 Å². The molecule has 1 unspecified atom stereocenters. The number of H-pyrrole nitrogens is 1. The molecule has 0 spiro atoms. The molecule has 1 atom stereocenters. The first kappa shape index (κ1) is 20.4. The van der Waals surface area contributed by atoms with Crippen LogP contribution in [0.1, 0.15) is 50.0 Å². The minimum absolute atomic E-state index is 0.321. The molecule has 3 aromatic rings. The minimum atomic E-state index is 0.321. The number of fused-ring (bicyclic) bond motifs is 2. The van der Waals surface area contributed by atoms with E-state index >= 15 is 0 Å². The Kier molecular flexibility index (Phi) is 6.35. The lowest BCUT2D eigenvalue weighted by atomic mass is 10.1. The van der Waals surface area contributed by atoms with Gasteiger partial charge in [-0.2, -0.15) is 5.10 Å². The first-order chi connectivity index (χ1) is 14.7. The van der Waals surface area contributed by atoms with Crippen LogP contribution in [-0.2, 0) is 32.2 Å². The highest BCUT2D eigenvalue weighted by molar-refractivity contribution is 5.86. The third-order valence-electron chi connectivity index (χ3n) is 5.82. The summed E-state index contributed by atoms with van der Waals surface area (Å²) in [6, 6.07) is 6.87. The molecule has 3 N–H and O–H groups in total. The number of nitrogens with one attached hydrogen (secondary N) is 3. The Morgan fingerprint density at radius 2 is 2.13 bits per heavy atom. The number of para-hydroxylation sites is 1. The van der Waals surface area contributed by atoms with Gasteiger partial charge < -0.3 is 15.6 Å². The molecule has 1 aliphatic heterocycles. The number of aromatic amines is 1. The molecular weight excluding hydrogens is 374 g/mol. The standard InChI is InChI=1S/C23H33N7/c1-4-16-8-7-9-19-17(14-26-22(16)19)12-13-25-23(24-6-3)27-18-10-11-21-28-20(5-2)29-30(21)15-18/h7-9,14,18,26H,4-6,10-13,15H2,1-3H3,(H2,24,25,27). The fourth-order valence-electron chi connectivity index (χ4n) is 4.21. The number of hydrogen-bond donors (Lipinski definition) is 3. The second kappa shape index (κ2) is 9.32. The van der Waals surface area contributed by atoms with Crippen molar-refractivity contribution < 1.29 is 0 Å². The predicted molar refractivity (Wildman–Crippen MR) is 122 cm³/mol. The first-order valence-corrected chi connectivity index (χ1v) is 11.3. The zero-order chi connectivity index (χ0) is 20.9. The normalized spacial score (nSPS) is 16.6. The molecule has 0 amide bonds. The van der Waals surface area contributed by atoms with Crippen molar-refractivity contribution in [1.29, 1.82) is 0 Å². The summed E-state index contributed by atoms with van der Waals surface area (Å²) in [5, 5.41) is 12.9. The molecular formula is C23H33N7. The molecule has 4 rings (SSSR count). The summed E-state index contributed by atoms with van der Waals surface area (Å²) < 4.78 is 2.06.